The molecule has 1 aromatic rings. The maximum absolute atomic E-state index is 11.9. The van der Waals surface area contributed by atoms with Gasteiger partial charge >= 0.3 is 5.97 Å². The van der Waals surface area contributed by atoms with Crippen molar-refractivity contribution in [1.29, 1.82) is 0 Å². The second kappa shape index (κ2) is 4.78. The summed E-state index contributed by atoms with van der Waals surface area (Å²) in [7, 11) is 0. The van der Waals surface area contributed by atoms with Crippen molar-refractivity contribution in [2.45, 2.75) is 32.5 Å². The number of hydrogen-bond acceptors (Lipinski definition) is 3. The van der Waals surface area contributed by atoms with Gasteiger partial charge in [-0.25, -0.2) is 4.79 Å². The zero-order valence-electron chi connectivity index (χ0n) is 10.2. The molecule has 1 atom stereocenters. The summed E-state index contributed by atoms with van der Waals surface area (Å²) in [5.41, 5.74) is 7.87. The number of fused-ring (bicyclic) bond motifs is 1. The summed E-state index contributed by atoms with van der Waals surface area (Å²) in [6.45, 7) is 2.83. The maximum atomic E-state index is 11.9. The van der Waals surface area contributed by atoms with Crippen LogP contribution < -0.4 is 5.73 Å². The molecule has 1 aliphatic rings. The van der Waals surface area contributed by atoms with Gasteiger partial charge in [0.2, 0.25) is 5.91 Å². The van der Waals surface area contributed by atoms with Gasteiger partial charge in [-0.3, -0.25) is 4.79 Å². The Bertz CT molecular complexity index is 499. The molecule has 0 radical (unpaired) electrons. The number of nitrogens with two attached hydrogens (primary N) is 1. The number of rotatable bonds is 3. The van der Waals surface area contributed by atoms with Gasteiger partial charge in [0.05, 0.1) is 11.6 Å². The van der Waals surface area contributed by atoms with Gasteiger partial charge in [0.15, 0.2) is 0 Å². The molecule has 0 unspecified atom stereocenters. The lowest BCUT2D eigenvalue weighted by Gasteiger charge is -2.19. The fraction of sp³-hybridized carbons (Fsp3) is 0.385. The van der Waals surface area contributed by atoms with E-state index in [0.717, 1.165) is 11.1 Å². The van der Waals surface area contributed by atoms with Crippen LogP contribution in [0.15, 0.2) is 18.2 Å². The highest BCUT2D eigenvalue weighted by molar-refractivity contribution is 5.88. The van der Waals surface area contributed by atoms with E-state index in [1.54, 1.807) is 23.1 Å². The Hall–Kier alpha value is -1.88. The van der Waals surface area contributed by atoms with Crippen molar-refractivity contribution in [3.05, 3.63) is 34.9 Å². The van der Waals surface area contributed by atoms with Crippen molar-refractivity contribution >= 4 is 11.9 Å². The molecule has 0 aliphatic carbocycles. The van der Waals surface area contributed by atoms with Crippen LogP contribution in [-0.4, -0.2) is 27.9 Å². The van der Waals surface area contributed by atoms with Crippen molar-refractivity contribution in [2.75, 3.05) is 0 Å². The first kappa shape index (κ1) is 12.6. The molecule has 5 heteroatoms. The molecule has 18 heavy (non-hydrogen) atoms. The summed E-state index contributed by atoms with van der Waals surface area (Å²) in [6, 6.07) is 4.49. The number of carboxylic acids is 1. The fourth-order valence-corrected chi connectivity index (χ4v) is 2.09. The van der Waals surface area contributed by atoms with Crippen molar-refractivity contribution in [1.82, 2.24) is 4.90 Å². The Labute approximate surface area is 105 Å². The van der Waals surface area contributed by atoms with Crippen LogP contribution in [0.2, 0.25) is 0 Å². The molecule has 3 N–H and O–H groups in total. The summed E-state index contributed by atoms with van der Waals surface area (Å²) in [5, 5.41) is 8.92. The average molecular weight is 248 g/mol. The zero-order chi connectivity index (χ0) is 13.3. The number of carbonyl (C=O) groups is 2. The highest BCUT2D eigenvalue weighted by Gasteiger charge is 2.26. The van der Waals surface area contributed by atoms with Crippen LogP contribution in [0.3, 0.4) is 0 Å². The summed E-state index contributed by atoms with van der Waals surface area (Å²) >= 11 is 0. The van der Waals surface area contributed by atoms with Gasteiger partial charge in [-0.2, -0.15) is 0 Å². The third-order valence-electron chi connectivity index (χ3n) is 3.24. The van der Waals surface area contributed by atoms with Crippen LogP contribution in [0.25, 0.3) is 0 Å². The first-order valence-corrected chi connectivity index (χ1v) is 5.92. The van der Waals surface area contributed by atoms with E-state index in [9.17, 15) is 9.59 Å². The Morgan fingerprint density at radius 1 is 1.39 bits per heavy atom. The largest absolute Gasteiger partial charge is 0.478 e. The first-order chi connectivity index (χ1) is 8.52. The molecular formula is C13H16N2O3. The highest BCUT2D eigenvalue weighted by atomic mass is 16.4. The van der Waals surface area contributed by atoms with Crippen molar-refractivity contribution in [3.63, 3.8) is 0 Å². The van der Waals surface area contributed by atoms with Gasteiger partial charge in [-0.15, -0.1) is 0 Å². The van der Waals surface area contributed by atoms with Crippen LogP contribution in [0.4, 0.5) is 0 Å². The monoisotopic (exact) mass is 248 g/mol. The predicted octanol–water partition coefficient (Wildman–Crippen LogP) is 0.964. The minimum atomic E-state index is -0.951. The van der Waals surface area contributed by atoms with E-state index in [0.29, 0.717) is 19.5 Å². The van der Waals surface area contributed by atoms with Crippen LogP contribution in [-0.2, 0) is 17.9 Å². The number of nitrogens with zero attached hydrogens (tertiary/aromatic N) is 1. The summed E-state index contributed by atoms with van der Waals surface area (Å²) < 4.78 is 0. The van der Waals surface area contributed by atoms with Gasteiger partial charge < -0.3 is 15.7 Å². The topological polar surface area (TPSA) is 83.6 Å². The molecule has 0 aromatic heterocycles. The van der Waals surface area contributed by atoms with Gasteiger partial charge in [-0.1, -0.05) is 13.0 Å². The van der Waals surface area contributed by atoms with Crippen LogP contribution >= 0.6 is 0 Å². The molecular weight excluding hydrogens is 232 g/mol. The van der Waals surface area contributed by atoms with E-state index < -0.39 is 12.0 Å². The molecule has 0 fully saturated rings. The van der Waals surface area contributed by atoms with Crippen molar-refractivity contribution < 1.29 is 14.7 Å². The van der Waals surface area contributed by atoms with Crippen LogP contribution in [0.1, 0.15) is 34.8 Å². The summed E-state index contributed by atoms with van der Waals surface area (Å²) in [4.78, 5) is 24.5. The summed E-state index contributed by atoms with van der Waals surface area (Å²) in [6.07, 6.45) is 0.603. The number of aromatic carboxylic acids is 1. The van der Waals surface area contributed by atoms with Crippen molar-refractivity contribution in [3.8, 4) is 0 Å². The van der Waals surface area contributed by atoms with E-state index in [1.165, 1.54) is 0 Å². The molecule has 0 saturated heterocycles. The molecule has 0 spiro atoms. The van der Waals surface area contributed by atoms with E-state index in [1.807, 2.05) is 6.92 Å². The quantitative estimate of drug-likeness (QED) is 0.834. The molecule has 0 saturated carbocycles. The SMILES string of the molecule is CC[C@@H](N)C(=O)N1Cc2ccc(C(=O)O)cc2C1. The third-order valence-corrected chi connectivity index (χ3v) is 3.24. The average Bonchev–Trinajstić information content (AvgIpc) is 2.79. The zero-order valence-corrected chi connectivity index (χ0v) is 10.2. The fourth-order valence-electron chi connectivity index (χ4n) is 2.09. The lowest BCUT2D eigenvalue weighted by Crippen LogP contribution is -2.40. The van der Waals surface area contributed by atoms with E-state index in [2.05, 4.69) is 0 Å². The molecule has 2 rings (SSSR count). The highest BCUT2D eigenvalue weighted by Crippen LogP contribution is 2.24. The Morgan fingerprint density at radius 3 is 2.67 bits per heavy atom. The minimum absolute atomic E-state index is 0.0782. The maximum Gasteiger partial charge on any atom is 0.335 e. The second-order valence-electron chi connectivity index (χ2n) is 4.50. The van der Waals surface area contributed by atoms with E-state index >= 15 is 0 Å². The number of carbonyl (C=O) groups excluding carboxylic acids is 1. The molecule has 1 heterocycles. The van der Waals surface area contributed by atoms with Gasteiger partial charge in [0.1, 0.15) is 0 Å². The van der Waals surface area contributed by atoms with Gasteiger partial charge in [0, 0.05) is 13.1 Å². The predicted molar refractivity (Wildman–Crippen MR) is 65.9 cm³/mol. The molecule has 1 amide bonds. The van der Waals surface area contributed by atoms with Crippen LogP contribution in [0, 0.1) is 0 Å². The Balaban J connectivity index is 2.18. The number of carboxylic acid groups (broad SMARTS) is 1. The van der Waals surface area contributed by atoms with Crippen molar-refractivity contribution in [2.24, 2.45) is 5.73 Å². The lowest BCUT2D eigenvalue weighted by molar-refractivity contribution is -0.133. The lowest BCUT2D eigenvalue weighted by atomic mass is 10.1. The third kappa shape index (κ3) is 2.22. The van der Waals surface area contributed by atoms with E-state index in [4.69, 9.17) is 10.8 Å². The second-order valence-corrected chi connectivity index (χ2v) is 4.50. The number of benzene rings is 1. The first-order valence-electron chi connectivity index (χ1n) is 5.92. The number of hydrogen-bond donors (Lipinski definition) is 2. The Morgan fingerprint density at radius 2 is 2.06 bits per heavy atom. The molecule has 1 aliphatic heterocycles. The van der Waals surface area contributed by atoms with Crippen LogP contribution in [0.5, 0.6) is 0 Å². The number of amides is 1. The smallest absolute Gasteiger partial charge is 0.335 e. The molecule has 1 aromatic carbocycles. The summed E-state index contributed by atoms with van der Waals surface area (Å²) in [5.74, 6) is -1.03. The van der Waals surface area contributed by atoms with Gasteiger partial charge in [0.25, 0.3) is 0 Å². The standard InChI is InChI=1S/C13H16N2O3/c1-2-11(14)12(16)15-6-9-4-3-8(13(17)18)5-10(9)7-15/h3-5,11H,2,6-7,14H2,1H3,(H,17,18)/t11-/m1/s1. The molecule has 5 nitrogen and oxygen atoms in total. The normalized spacial score (nSPS) is 15.3. The van der Waals surface area contributed by atoms with Gasteiger partial charge in [-0.05, 0) is 29.7 Å². The minimum Gasteiger partial charge on any atom is -0.478 e. The molecule has 0 bridgehead atoms. The Kier molecular flexibility index (Phi) is 3.34. The molecule has 96 valence electrons. The van der Waals surface area contributed by atoms with E-state index in [-0.39, 0.29) is 11.5 Å².